The molecule has 17 heavy (non-hydrogen) atoms. The second-order valence-corrected chi connectivity index (χ2v) is 8.04. The van der Waals surface area contributed by atoms with Crippen molar-refractivity contribution in [3.05, 3.63) is 0 Å². The SMILES string of the molecule is CCCCCCCCCCCCCC[CH](C)[Na]. The quantitative estimate of drug-likeness (QED) is 0.275. The molecule has 0 aliphatic heterocycles. The molecule has 0 aliphatic rings. The van der Waals surface area contributed by atoms with Crippen LogP contribution in [0.5, 0.6) is 0 Å². The third kappa shape index (κ3) is 17.0. The first-order chi connectivity index (χ1) is 8.27. The zero-order chi connectivity index (χ0) is 12.8. The van der Waals surface area contributed by atoms with Crippen molar-refractivity contribution in [1.29, 1.82) is 0 Å². The predicted molar refractivity (Wildman–Crippen MR) is 80.9 cm³/mol. The van der Waals surface area contributed by atoms with Crippen LogP contribution in [0.15, 0.2) is 0 Å². The first-order valence-corrected chi connectivity index (χ1v) is 9.42. The first-order valence-electron chi connectivity index (χ1n) is 8.27. The van der Waals surface area contributed by atoms with Gasteiger partial charge in [-0.15, -0.1) is 0 Å². The molecule has 0 aromatic carbocycles. The Morgan fingerprint density at radius 2 is 1.00 bits per heavy atom. The van der Waals surface area contributed by atoms with E-state index in [-0.39, 0.29) is 0 Å². The van der Waals surface area contributed by atoms with Crippen molar-refractivity contribution in [3.63, 3.8) is 0 Å². The van der Waals surface area contributed by atoms with E-state index in [4.69, 9.17) is 0 Å². The summed E-state index contributed by atoms with van der Waals surface area (Å²) in [5, 5.41) is 0. The molecule has 0 aromatic heterocycles. The molecule has 0 saturated carbocycles. The van der Waals surface area contributed by atoms with Crippen molar-refractivity contribution in [2.45, 2.75) is 100 Å². The molecule has 0 rings (SSSR count). The van der Waals surface area contributed by atoms with Crippen molar-refractivity contribution in [2.24, 2.45) is 0 Å². The summed E-state index contributed by atoms with van der Waals surface area (Å²) in [5.74, 6) is 0. The molecule has 0 aliphatic carbocycles. The first kappa shape index (κ1) is 18.0. The van der Waals surface area contributed by atoms with E-state index in [1.807, 2.05) is 0 Å². The fourth-order valence-corrected chi connectivity index (χ4v) is 2.80. The Labute approximate surface area is 128 Å². The standard InChI is InChI=1S/C16H33.Na/c1-3-5-7-9-11-13-15-16-14-12-10-8-6-4-2;/h3H,4-16H2,1-2H3;. The van der Waals surface area contributed by atoms with Gasteiger partial charge in [-0.3, -0.25) is 0 Å². The van der Waals surface area contributed by atoms with Crippen LogP contribution in [0.3, 0.4) is 0 Å². The van der Waals surface area contributed by atoms with Gasteiger partial charge in [-0.25, -0.2) is 0 Å². The maximum absolute atomic E-state index is 2.39. The summed E-state index contributed by atoms with van der Waals surface area (Å²) in [6.07, 6.45) is 19.2. The topological polar surface area (TPSA) is 0 Å². The molecule has 0 bridgehead atoms. The van der Waals surface area contributed by atoms with Gasteiger partial charge in [-0.2, -0.15) is 0 Å². The van der Waals surface area contributed by atoms with Gasteiger partial charge >= 0.3 is 109 Å². The molecule has 0 spiro atoms. The summed E-state index contributed by atoms with van der Waals surface area (Å²) in [6.45, 7) is 4.69. The molecule has 1 atom stereocenters. The molecule has 0 aromatic rings. The molecule has 1 heteroatoms. The summed E-state index contributed by atoms with van der Waals surface area (Å²) in [6, 6.07) is 0. The van der Waals surface area contributed by atoms with Crippen molar-refractivity contribution < 1.29 is 0 Å². The van der Waals surface area contributed by atoms with Crippen molar-refractivity contribution in [2.75, 3.05) is 0 Å². The minimum atomic E-state index is 1.04. The van der Waals surface area contributed by atoms with Gasteiger partial charge in [0.25, 0.3) is 0 Å². The summed E-state index contributed by atoms with van der Waals surface area (Å²) >= 11 is 1.39. The fraction of sp³-hybridized carbons (Fsp3) is 1.00. The Balaban J connectivity index is 2.89. The van der Waals surface area contributed by atoms with E-state index in [9.17, 15) is 0 Å². The third-order valence-corrected chi connectivity index (χ3v) is 4.21. The second-order valence-electron chi connectivity index (χ2n) is 6.07. The van der Waals surface area contributed by atoms with Crippen LogP contribution >= 0.6 is 0 Å². The summed E-state index contributed by atoms with van der Waals surface area (Å²) in [5.41, 5.74) is 0. The monoisotopic (exact) mass is 248 g/mol. The van der Waals surface area contributed by atoms with E-state index in [0.29, 0.717) is 0 Å². The summed E-state index contributed by atoms with van der Waals surface area (Å²) in [7, 11) is 0. The van der Waals surface area contributed by atoms with Gasteiger partial charge in [-0.1, -0.05) is 19.8 Å². The molecule has 0 heterocycles. The minimum absolute atomic E-state index is 1.04. The normalized spacial score (nSPS) is 12.9. The molecule has 0 saturated heterocycles. The number of hydrogen-bond donors (Lipinski definition) is 0. The molecule has 0 fully saturated rings. The maximum atomic E-state index is 2.39. The zero-order valence-corrected chi connectivity index (χ0v) is 14.8. The van der Waals surface area contributed by atoms with E-state index in [1.54, 1.807) is 0 Å². The molecular weight excluding hydrogens is 215 g/mol. The molecular formula is C16H33Na. The predicted octanol–water partition coefficient (Wildman–Crippen LogP) is 6.05. The van der Waals surface area contributed by atoms with E-state index in [0.717, 1.165) is 3.17 Å². The van der Waals surface area contributed by atoms with Gasteiger partial charge in [0.15, 0.2) is 0 Å². The van der Waals surface area contributed by atoms with Crippen molar-refractivity contribution >= 4 is 27.9 Å². The van der Waals surface area contributed by atoms with Gasteiger partial charge in [0.1, 0.15) is 0 Å². The molecule has 98 valence electrons. The van der Waals surface area contributed by atoms with E-state index < -0.39 is 0 Å². The molecule has 1 unspecified atom stereocenters. The van der Waals surface area contributed by atoms with Crippen LogP contribution < -0.4 is 0 Å². The Morgan fingerprint density at radius 1 is 0.647 bits per heavy atom. The number of hydrogen-bond acceptors (Lipinski definition) is 0. The average Bonchev–Trinajstić information content (AvgIpc) is 2.30. The van der Waals surface area contributed by atoms with Crippen molar-refractivity contribution in [3.8, 4) is 0 Å². The van der Waals surface area contributed by atoms with Crippen molar-refractivity contribution in [1.82, 2.24) is 0 Å². The van der Waals surface area contributed by atoms with Crippen LogP contribution in [-0.2, 0) is 0 Å². The van der Waals surface area contributed by atoms with E-state index in [1.165, 1.54) is 111 Å². The molecule has 0 amide bonds. The van der Waals surface area contributed by atoms with Gasteiger partial charge in [0.05, 0.1) is 0 Å². The van der Waals surface area contributed by atoms with Gasteiger partial charge in [0.2, 0.25) is 0 Å². The number of rotatable bonds is 13. The van der Waals surface area contributed by atoms with Gasteiger partial charge in [-0.05, 0) is 0 Å². The van der Waals surface area contributed by atoms with Crippen LogP contribution in [-0.4, -0.2) is 27.9 Å². The number of unbranched alkanes of at least 4 members (excludes halogenated alkanes) is 11. The van der Waals surface area contributed by atoms with Crippen LogP contribution in [0.4, 0.5) is 0 Å². The van der Waals surface area contributed by atoms with Crippen LogP contribution in [0.25, 0.3) is 0 Å². The van der Waals surface area contributed by atoms with E-state index in [2.05, 4.69) is 13.8 Å². The molecule has 0 radical (unpaired) electrons. The summed E-state index contributed by atoms with van der Waals surface area (Å²) < 4.78 is 1.04. The molecule has 0 N–H and O–H groups in total. The fourth-order valence-electron chi connectivity index (χ4n) is 2.39. The third-order valence-electron chi connectivity index (χ3n) is 3.64. The Bertz CT molecular complexity index is 131. The van der Waals surface area contributed by atoms with Crippen LogP contribution in [0.2, 0.25) is 3.17 Å². The van der Waals surface area contributed by atoms with E-state index >= 15 is 0 Å². The summed E-state index contributed by atoms with van der Waals surface area (Å²) in [4.78, 5) is 0. The van der Waals surface area contributed by atoms with Crippen LogP contribution in [0.1, 0.15) is 97.3 Å². The zero-order valence-electron chi connectivity index (χ0n) is 12.8. The van der Waals surface area contributed by atoms with Crippen LogP contribution in [0, 0.1) is 0 Å². The average molecular weight is 248 g/mol. The second kappa shape index (κ2) is 15.1. The van der Waals surface area contributed by atoms with Gasteiger partial charge < -0.3 is 0 Å². The Hall–Kier alpha value is 1.00. The van der Waals surface area contributed by atoms with Gasteiger partial charge in [0, 0.05) is 0 Å². The molecule has 0 nitrogen and oxygen atoms in total. The Morgan fingerprint density at radius 3 is 1.35 bits per heavy atom. The Kier molecular flexibility index (Phi) is 15.9.